The Morgan fingerprint density at radius 3 is 1.68 bits per heavy atom. The summed E-state index contributed by atoms with van der Waals surface area (Å²) in [5.41, 5.74) is 8.16. The van der Waals surface area contributed by atoms with Gasteiger partial charge in [-0.15, -0.1) is 0 Å². The van der Waals surface area contributed by atoms with Crippen LogP contribution in [0.1, 0.15) is 5.56 Å². The zero-order valence-electron chi connectivity index (χ0n) is 21.1. The molecular formula is C37H25F. The molecule has 38 heavy (non-hydrogen) atoms. The second kappa shape index (κ2) is 8.97. The maximum absolute atomic E-state index is 14.0. The van der Waals surface area contributed by atoms with E-state index in [1.165, 1.54) is 49.4 Å². The lowest BCUT2D eigenvalue weighted by atomic mass is 9.84. The van der Waals surface area contributed by atoms with Crippen LogP contribution in [-0.2, 0) is 0 Å². The summed E-state index contributed by atoms with van der Waals surface area (Å²) in [5, 5.41) is 7.16. The predicted octanol–water partition coefficient (Wildman–Crippen LogP) is 10.6. The van der Waals surface area contributed by atoms with Crippen LogP contribution in [0, 0.1) is 12.7 Å². The first-order chi connectivity index (χ1) is 18.7. The number of rotatable bonds is 3. The molecule has 1 heteroatoms. The largest absolute Gasteiger partial charge is 0.207 e. The first-order valence-electron chi connectivity index (χ1n) is 13.0. The van der Waals surface area contributed by atoms with E-state index in [2.05, 4.69) is 116 Å². The Bertz CT molecular complexity index is 1960. The van der Waals surface area contributed by atoms with Gasteiger partial charge in [0.15, 0.2) is 0 Å². The first-order valence-corrected chi connectivity index (χ1v) is 13.0. The molecule has 0 nitrogen and oxygen atoms in total. The lowest BCUT2D eigenvalue weighted by Crippen LogP contribution is -1.92. The van der Waals surface area contributed by atoms with Gasteiger partial charge in [-0.1, -0.05) is 115 Å². The van der Waals surface area contributed by atoms with E-state index < -0.39 is 0 Å². The highest BCUT2D eigenvalue weighted by atomic mass is 19.1. The Morgan fingerprint density at radius 2 is 0.947 bits per heavy atom. The minimum absolute atomic E-state index is 0.226. The van der Waals surface area contributed by atoms with Crippen LogP contribution in [0.25, 0.3) is 65.7 Å². The van der Waals surface area contributed by atoms with Gasteiger partial charge >= 0.3 is 0 Å². The van der Waals surface area contributed by atoms with Gasteiger partial charge in [-0.3, -0.25) is 0 Å². The monoisotopic (exact) mass is 488 g/mol. The fraction of sp³-hybridized carbons (Fsp3) is 0.0270. The van der Waals surface area contributed by atoms with Crippen LogP contribution in [0.4, 0.5) is 4.39 Å². The minimum atomic E-state index is -0.226. The first kappa shape index (κ1) is 22.4. The fourth-order valence-corrected chi connectivity index (χ4v) is 5.69. The van der Waals surface area contributed by atoms with E-state index in [4.69, 9.17) is 0 Å². The third kappa shape index (κ3) is 3.76. The standard InChI is InChI=1S/C37H25F/c1-24-10-12-26(13-11-24)29-18-21-34-35(23-29)36(27-16-19-31(38)20-17-27)32-8-4-5-9-33(32)37(34)30-15-14-25-6-2-3-7-28(25)22-30/h2-23H,1H3. The minimum Gasteiger partial charge on any atom is -0.207 e. The molecule has 0 bridgehead atoms. The molecule has 7 rings (SSSR count). The molecule has 0 amide bonds. The Morgan fingerprint density at radius 1 is 0.395 bits per heavy atom. The third-order valence-electron chi connectivity index (χ3n) is 7.58. The van der Waals surface area contributed by atoms with Crippen molar-refractivity contribution in [3.05, 3.63) is 145 Å². The molecular weight excluding hydrogens is 463 g/mol. The van der Waals surface area contributed by atoms with Crippen LogP contribution < -0.4 is 0 Å². The van der Waals surface area contributed by atoms with Gasteiger partial charge in [-0.25, -0.2) is 4.39 Å². The zero-order valence-corrected chi connectivity index (χ0v) is 21.1. The Labute approximate surface area is 221 Å². The summed E-state index contributed by atoms with van der Waals surface area (Å²) in [6.07, 6.45) is 0. The molecule has 0 saturated heterocycles. The van der Waals surface area contributed by atoms with Crippen LogP contribution in [0.3, 0.4) is 0 Å². The summed E-state index contributed by atoms with van der Waals surface area (Å²) in [5.74, 6) is -0.226. The lowest BCUT2D eigenvalue weighted by molar-refractivity contribution is 0.628. The number of hydrogen-bond acceptors (Lipinski definition) is 0. The van der Waals surface area contributed by atoms with Gasteiger partial charge < -0.3 is 0 Å². The van der Waals surface area contributed by atoms with Gasteiger partial charge in [-0.2, -0.15) is 0 Å². The quantitative estimate of drug-likeness (QED) is 0.217. The van der Waals surface area contributed by atoms with Crippen molar-refractivity contribution in [1.29, 1.82) is 0 Å². The predicted molar refractivity (Wildman–Crippen MR) is 160 cm³/mol. The highest BCUT2D eigenvalue weighted by Gasteiger charge is 2.17. The molecule has 0 atom stereocenters. The number of halogens is 1. The maximum atomic E-state index is 14.0. The number of aryl methyl sites for hydroxylation is 1. The van der Waals surface area contributed by atoms with Gasteiger partial charge in [0, 0.05) is 0 Å². The molecule has 0 aliphatic heterocycles. The number of fused-ring (bicyclic) bond motifs is 3. The highest BCUT2D eigenvalue weighted by Crippen LogP contribution is 2.45. The maximum Gasteiger partial charge on any atom is 0.123 e. The summed E-state index contributed by atoms with van der Waals surface area (Å²) < 4.78 is 14.0. The Balaban J connectivity index is 1.61. The van der Waals surface area contributed by atoms with E-state index in [1.54, 1.807) is 12.1 Å². The van der Waals surface area contributed by atoms with Crippen molar-refractivity contribution < 1.29 is 4.39 Å². The van der Waals surface area contributed by atoms with Crippen molar-refractivity contribution >= 4 is 32.3 Å². The molecule has 0 N–H and O–H groups in total. The van der Waals surface area contributed by atoms with Crippen LogP contribution in [0.15, 0.2) is 133 Å². The molecule has 0 aliphatic rings. The number of hydrogen-bond donors (Lipinski definition) is 0. The zero-order chi connectivity index (χ0) is 25.6. The van der Waals surface area contributed by atoms with Crippen LogP contribution in [-0.4, -0.2) is 0 Å². The van der Waals surface area contributed by atoms with Gasteiger partial charge in [0.1, 0.15) is 5.82 Å². The Kier molecular flexibility index (Phi) is 5.30. The summed E-state index contributed by atoms with van der Waals surface area (Å²) in [4.78, 5) is 0. The van der Waals surface area contributed by atoms with E-state index in [9.17, 15) is 4.39 Å². The van der Waals surface area contributed by atoms with Crippen molar-refractivity contribution in [2.75, 3.05) is 0 Å². The summed E-state index contributed by atoms with van der Waals surface area (Å²) in [7, 11) is 0. The van der Waals surface area contributed by atoms with E-state index >= 15 is 0 Å². The van der Waals surface area contributed by atoms with Crippen molar-refractivity contribution in [1.82, 2.24) is 0 Å². The van der Waals surface area contributed by atoms with Crippen molar-refractivity contribution in [2.24, 2.45) is 0 Å². The topological polar surface area (TPSA) is 0 Å². The van der Waals surface area contributed by atoms with Crippen molar-refractivity contribution in [3.63, 3.8) is 0 Å². The van der Waals surface area contributed by atoms with Crippen LogP contribution in [0.5, 0.6) is 0 Å². The molecule has 0 unspecified atom stereocenters. The summed E-state index contributed by atoms with van der Waals surface area (Å²) in [6, 6.07) is 46.2. The summed E-state index contributed by atoms with van der Waals surface area (Å²) >= 11 is 0. The normalized spacial score (nSPS) is 11.4. The van der Waals surface area contributed by atoms with E-state index in [0.29, 0.717) is 0 Å². The molecule has 0 aromatic heterocycles. The second-order valence-electron chi connectivity index (χ2n) is 9.99. The molecule has 180 valence electrons. The van der Waals surface area contributed by atoms with Crippen LogP contribution >= 0.6 is 0 Å². The second-order valence-corrected chi connectivity index (χ2v) is 9.99. The average molecular weight is 489 g/mol. The van der Waals surface area contributed by atoms with Gasteiger partial charge in [-0.05, 0) is 96.9 Å². The van der Waals surface area contributed by atoms with Gasteiger partial charge in [0.2, 0.25) is 0 Å². The fourth-order valence-electron chi connectivity index (χ4n) is 5.69. The molecule has 0 spiro atoms. The van der Waals surface area contributed by atoms with Gasteiger partial charge in [0.25, 0.3) is 0 Å². The Hall–Kier alpha value is -4.75. The third-order valence-corrected chi connectivity index (χ3v) is 7.58. The molecule has 7 aromatic carbocycles. The van der Waals surface area contributed by atoms with E-state index in [1.807, 2.05) is 12.1 Å². The smallest absolute Gasteiger partial charge is 0.123 e. The summed E-state index contributed by atoms with van der Waals surface area (Å²) in [6.45, 7) is 2.11. The van der Waals surface area contributed by atoms with E-state index in [-0.39, 0.29) is 5.82 Å². The molecule has 7 aromatic rings. The highest BCUT2D eigenvalue weighted by molar-refractivity contribution is 6.22. The number of benzene rings is 7. The van der Waals surface area contributed by atoms with Crippen LogP contribution in [0.2, 0.25) is 0 Å². The molecule has 0 saturated carbocycles. The van der Waals surface area contributed by atoms with Crippen molar-refractivity contribution in [2.45, 2.75) is 6.92 Å². The van der Waals surface area contributed by atoms with Gasteiger partial charge in [0.05, 0.1) is 0 Å². The molecule has 0 aliphatic carbocycles. The molecule has 0 radical (unpaired) electrons. The average Bonchev–Trinajstić information content (AvgIpc) is 2.96. The SMILES string of the molecule is Cc1ccc(-c2ccc3c(-c4ccc5ccccc5c4)c4ccccc4c(-c4ccc(F)cc4)c3c2)cc1. The van der Waals surface area contributed by atoms with E-state index in [0.717, 1.165) is 21.9 Å². The molecule has 0 fully saturated rings. The lowest BCUT2D eigenvalue weighted by Gasteiger charge is -2.19. The van der Waals surface area contributed by atoms with Crippen molar-refractivity contribution in [3.8, 4) is 33.4 Å². The molecule has 0 heterocycles.